The number of ether oxygens (including phenoxy) is 2. The van der Waals surface area contributed by atoms with E-state index in [0.717, 1.165) is 29.4 Å². The summed E-state index contributed by atoms with van der Waals surface area (Å²) in [7, 11) is 0. The number of nitrogens with zero attached hydrogens (tertiary/aromatic N) is 1. The van der Waals surface area contributed by atoms with Gasteiger partial charge in [-0.3, -0.25) is 0 Å². The van der Waals surface area contributed by atoms with Gasteiger partial charge in [0.2, 0.25) is 0 Å². The van der Waals surface area contributed by atoms with Crippen molar-refractivity contribution in [3.63, 3.8) is 0 Å². The summed E-state index contributed by atoms with van der Waals surface area (Å²) in [5, 5.41) is 0. The minimum absolute atomic E-state index is 0.396. The summed E-state index contributed by atoms with van der Waals surface area (Å²) < 4.78 is 11.2. The molecule has 1 heterocycles. The average Bonchev–Trinajstić information content (AvgIpc) is 2.35. The molecule has 0 fully saturated rings. The number of fused-ring (bicyclic) bond motifs is 1. The van der Waals surface area contributed by atoms with Gasteiger partial charge in [-0.2, -0.15) is 0 Å². The first-order chi connectivity index (χ1) is 8.99. The lowest BCUT2D eigenvalue weighted by Gasteiger charge is -2.33. The molecule has 1 aliphatic rings. The number of anilines is 2. The van der Waals surface area contributed by atoms with E-state index in [4.69, 9.17) is 15.2 Å². The fourth-order valence-electron chi connectivity index (χ4n) is 2.32. The Balaban J connectivity index is 2.36. The number of nitrogens with two attached hydrogens (primary N) is 1. The number of hydrogen-bond acceptors (Lipinski definition) is 4. The van der Waals surface area contributed by atoms with Gasteiger partial charge < -0.3 is 20.1 Å². The van der Waals surface area contributed by atoms with Crippen molar-refractivity contribution in [2.75, 3.05) is 30.4 Å². The van der Waals surface area contributed by atoms with Crippen molar-refractivity contribution in [1.82, 2.24) is 0 Å². The summed E-state index contributed by atoms with van der Waals surface area (Å²) in [5.74, 6) is 2.13. The number of nitrogen functional groups attached to an aromatic ring is 1. The first-order valence-corrected chi connectivity index (χ1v) is 6.94. The van der Waals surface area contributed by atoms with Crippen molar-refractivity contribution in [2.45, 2.75) is 33.7 Å². The summed E-state index contributed by atoms with van der Waals surface area (Å²) in [4.78, 5) is 2.32. The van der Waals surface area contributed by atoms with Crippen LogP contribution < -0.4 is 20.1 Å². The van der Waals surface area contributed by atoms with E-state index in [2.05, 4.69) is 32.6 Å². The molecule has 1 aliphatic heterocycles. The fourth-order valence-corrected chi connectivity index (χ4v) is 2.32. The third kappa shape index (κ3) is 3.06. The van der Waals surface area contributed by atoms with Gasteiger partial charge >= 0.3 is 0 Å². The van der Waals surface area contributed by atoms with Crippen LogP contribution in [0.4, 0.5) is 11.4 Å². The number of benzene rings is 1. The molecule has 0 radical (unpaired) electrons. The maximum Gasteiger partial charge on any atom is 0.163 e. The average molecular weight is 264 g/mol. The molecule has 0 saturated heterocycles. The lowest BCUT2D eigenvalue weighted by Crippen LogP contribution is -2.34. The van der Waals surface area contributed by atoms with Gasteiger partial charge in [0.15, 0.2) is 11.5 Å². The maximum atomic E-state index is 6.18. The molecule has 0 unspecified atom stereocenters. The van der Waals surface area contributed by atoms with Crippen LogP contribution in [0.3, 0.4) is 0 Å². The Bertz CT molecular complexity index is 444. The van der Waals surface area contributed by atoms with Crippen LogP contribution in [0.5, 0.6) is 11.5 Å². The normalized spacial score (nSPS) is 14.0. The number of rotatable bonds is 4. The van der Waals surface area contributed by atoms with Gasteiger partial charge in [0.05, 0.1) is 11.4 Å². The minimum atomic E-state index is 0.396. The topological polar surface area (TPSA) is 47.7 Å². The van der Waals surface area contributed by atoms with Crippen LogP contribution in [0, 0.1) is 5.92 Å². The standard InChI is InChI=1S/C15H24N2O2/c1-10(2)9-17(11(3)4)13-8-15-14(7-12(13)16)18-5-6-19-15/h7-8,10-11H,5-6,9,16H2,1-4H3. The van der Waals surface area contributed by atoms with Crippen LogP contribution in [0.1, 0.15) is 27.7 Å². The van der Waals surface area contributed by atoms with Crippen molar-refractivity contribution >= 4 is 11.4 Å². The third-order valence-corrected chi connectivity index (χ3v) is 3.19. The largest absolute Gasteiger partial charge is 0.486 e. The van der Waals surface area contributed by atoms with E-state index in [1.807, 2.05) is 12.1 Å². The SMILES string of the molecule is CC(C)CN(c1cc2c(cc1N)OCCO2)C(C)C. The molecule has 4 heteroatoms. The quantitative estimate of drug-likeness (QED) is 0.849. The summed E-state index contributed by atoms with van der Waals surface area (Å²) >= 11 is 0. The van der Waals surface area contributed by atoms with Crippen molar-refractivity contribution in [1.29, 1.82) is 0 Å². The Morgan fingerprint density at radius 2 is 1.68 bits per heavy atom. The lowest BCUT2D eigenvalue weighted by molar-refractivity contribution is 0.172. The second-order valence-corrected chi connectivity index (χ2v) is 5.69. The molecule has 2 N–H and O–H groups in total. The molecule has 0 aromatic heterocycles. The molecule has 0 spiro atoms. The Labute approximate surface area is 115 Å². The molecule has 0 aliphatic carbocycles. The minimum Gasteiger partial charge on any atom is -0.486 e. The van der Waals surface area contributed by atoms with Gasteiger partial charge in [-0.05, 0) is 19.8 Å². The van der Waals surface area contributed by atoms with Crippen LogP contribution in [0.15, 0.2) is 12.1 Å². The predicted octanol–water partition coefficient (Wildman–Crippen LogP) is 2.91. The molecule has 1 aromatic rings. The zero-order valence-corrected chi connectivity index (χ0v) is 12.3. The molecule has 0 bridgehead atoms. The van der Waals surface area contributed by atoms with Crippen LogP contribution in [0.25, 0.3) is 0 Å². The molecular formula is C15H24N2O2. The van der Waals surface area contributed by atoms with Crippen LogP contribution >= 0.6 is 0 Å². The van der Waals surface area contributed by atoms with E-state index in [1.54, 1.807) is 0 Å². The van der Waals surface area contributed by atoms with Crippen LogP contribution in [-0.2, 0) is 0 Å². The molecule has 1 aromatic carbocycles. The maximum absolute atomic E-state index is 6.18. The zero-order valence-electron chi connectivity index (χ0n) is 12.3. The molecule has 0 amide bonds. The van der Waals surface area contributed by atoms with E-state index in [-0.39, 0.29) is 0 Å². The smallest absolute Gasteiger partial charge is 0.163 e. The van der Waals surface area contributed by atoms with Crippen molar-refractivity contribution in [3.8, 4) is 11.5 Å². The third-order valence-electron chi connectivity index (χ3n) is 3.19. The van der Waals surface area contributed by atoms with E-state index >= 15 is 0 Å². The Morgan fingerprint density at radius 1 is 1.11 bits per heavy atom. The van der Waals surface area contributed by atoms with Crippen molar-refractivity contribution in [2.24, 2.45) is 5.92 Å². The molecule has 4 nitrogen and oxygen atoms in total. The van der Waals surface area contributed by atoms with E-state index in [1.165, 1.54) is 0 Å². The van der Waals surface area contributed by atoms with Gasteiger partial charge in [0, 0.05) is 24.7 Å². The van der Waals surface area contributed by atoms with Gasteiger partial charge in [-0.25, -0.2) is 0 Å². The van der Waals surface area contributed by atoms with Gasteiger partial charge in [0.25, 0.3) is 0 Å². The second-order valence-electron chi connectivity index (χ2n) is 5.69. The number of hydrogen-bond donors (Lipinski definition) is 1. The summed E-state index contributed by atoms with van der Waals surface area (Å²) in [6.45, 7) is 10.9. The van der Waals surface area contributed by atoms with Gasteiger partial charge in [0.1, 0.15) is 13.2 Å². The first kappa shape index (κ1) is 13.8. The second kappa shape index (κ2) is 5.59. The summed E-state index contributed by atoms with van der Waals surface area (Å²) in [6.07, 6.45) is 0. The molecule has 2 rings (SSSR count). The van der Waals surface area contributed by atoms with Crippen molar-refractivity contribution < 1.29 is 9.47 Å². The Kier molecular flexibility index (Phi) is 4.08. The van der Waals surface area contributed by atoms with Crippen LogP contribution in [-0.4, -0.2) is 25.8 Å². The Hall–Kier alpha value is -1.58. The molecule has 0 atom stereocenters. The van der Waals surface area contributed by atoms with Gasteiger partial charge in [-0.1, -0.05) is 13.8 Å². The lowest BCUT2D eigenvalue weighted by atomic mass is 10.1. The van der Waals surface area contributed by atoms with E-state index in [0.29, 0.717) is 25.2 Å². The highest BCUT2D eigenvalue weighted by Gasteiger charge is 2.20. The van der Waals surface area contributed by atoms with Crippen LogP contribution in [0.2, 0.25) is 0 Å². The predicted molar refractivity (Wildman–Crippen MR) is 79.2 cm³/mol. The van der Waals surface area contributed by atoms with E-state index in [9.17, 15) is 0 Å². The Morgan fingerprint density at radius 3 is 2.21 bits per heavy atom. The first-order valence-electron chi connectivity index (χ1n) is 6.94. The van der Waals surface area contributed by atoms with Gasteiger partial charge in [-0.15, -0.1) is 0 Å². The highest BCUT2D eigenvalue weighted by Crippen LogP contribution is 2.39. The molecule has 106 valence electrons. The molecule has 19 heavy (non-hydrogen) atoms. The molecule has 0 saturated carbocycles. The van der Waals surface area contributed by atoms with Crippen molar-refractivity contribution in [3.05, 3.63) is 12.1 Å². The highest BCUT2D eigenvalue weighted by molar-refractivity contribution is 5.73. The zero-order chi connectivity index (χ0) is 14.0. The summed E-state index contributed by atoms with van der Waals surface area (Å²) in [5.41, 5.74) is 7.97. The van der Waals surface area contributed by atoms with E-state index < -0.39 is 0 Å². The summed E-state index contributed by atoms with van der Waals surface area (Å²) in [6, 6.07) is 4.28. The molecular weight excluding hydrogens is 240 g/mol. The fraction of sp³-hybridized carbons (Fsp3) is 0.600. The monoisotopic (exact) mass is 264 g/mol. The highest BCUT2D eigenvalue weighted by atomic mass is 16.6.